The summed E-state index contributed by atoms with van der Waals surface area (Å²) >= 11 is 0.890. The van der Waals surface area contributed by atoms with Crippen LogP contribution in [0.15, 0.2) is 65.6 Å². The normalized spacial score (nSPS) is 15.0. The summed E-state index contributed by atoms with van der Waals surface area (Å²) in [7, 11) is 0. The summed E-state index contributed by atoms with van der Waals surface area (Å²) in [5.41, 5.74) is 1.85. The molecular weight excluding hydrogens is 386 g/mol. The molecule has 29 heavy (non-hydrogen) atoms. The van der Waals surface area contributed by atoms with Gasteiger partial charge < -0.3 is 9.47 Å². The van der Waals surface area contributed by atoms with Gasteiger partial charge in [0.15, 0.2) is 11.5 Å². The molecule has 0 bridgehead atoms. The van der Waals surface area contributed by atoms with Crippen molar-refractivity contribution in [1.29, 1.82) is 0 Å². The number of imide groups is 1. The van der Waals surface area contributed by atoms with Gasteiger partial charge in [-0.25, -0.2) is 0 Å². The fraction of sp³-hybridized carbons (Fsp3) is 0.130. The minimum atomic E-state index is -0.380. The first-order valence-electron chi connectivity index (χ1n) is 9.25. The lowest BCUT2D eigenvalue weighted by Crippen LogP contribution is -2.17. The molecule has 0 unspecified atom stereocenters. The molecule has 5 nitrogen and oxygen atoms in total. The van der Waals surface area contributed by atoms with Crippen LogP contribution in [0.1, 0.15) is 18.1 Å². The molecule has 1 aliphatic rings. The maximum Gasteiger partial charge on any atom is 0.290 e. The number of nitrogens with one attached hydrogen (secondary N) is 1. The van der Waals surface area contributed by atoms with Crippen LogP contribution in [0.5, 0.6) is 11.5 Å². The van der Waals surface area contributed by atoms with Crippen molar-refractivity contribution in [2.75, 3.05) is 6.61 Å². The van der Waals surface area contributed by atoms with Crippen molar-refractivity contribution in [3.8, 4) is 11.5 Å². The Hall–Kier alpha value is -3.25. The molecule has 1 fully saturated rings. The van der Waals surface area contributed by atoms with Gasteiger partial charge in [-0.15, -0.1) is 0 Å². The summed E-state index contributed by atoms with van der Waals surface area (Å²) in [4.78, 5) is 23.5. The van der Waals surface area contributed by atoms with E-state index in [0.717, 1.165) is 28.3 Å². The molecule has 3 aromatic rings. The zero-order chi connectivity index (χ0) is 20.2. The predicted molar refractivity (Wildman–Crippen MR) is 115 cm³/mol. The first-order valence-corrected chi connectivity index (χ1v) is 10.1. The standard InChI is InChI=1S/C23H19NO4S/c1-2-27-20-12-15(13-21-22(25)24-23(26)29-21)10-11-19(20)28-14-17-8-5-7-16-6-3-4-9-18(16)17/h3-13H,2,14H2,1H3,(H,24,25,26)/b21-13-. The number of hydrogen-bond donors (Lipinski definition) is 1. The van der Waals surface area contributed by atoms with E-state index in [1.165, 1.54) is 5.39 Å². The summed E-state index contributed by atoms with van der Waals surface area (Å²) in [5.74, 6) is 0.840. The second-order valence-electron chi connectivity index (χ2n) is 6.42. The van der Waals surface area contributed by atoms with Crippen LogP contribution in [0.2, 0.25) is 0 Å². The summed E-state index contributed by atoms with van der Waals surface area (Å²) in [6, 6.07) is 19.8. The van der Waals surface area contributed by atoms with Crippen LogP contribution in [-0.4, -0.2) is 17.8 Å². The Morgan fingerprint density at radius 2 is 1.79 bits per heavy atom. The fourth-order valence-electron chi connectivity index (χ4n) is 3.15. The van der Waals surface area contributed by atoms with Crippen molar-refractivity contribution in [1.82, 2.24) is 5.32 Å². The van der Waals surface area contributed by atoms with Crippen molar-refractivity contribution in [3.05, 3.63) is 76.7 Å². The molecule has 1 aliphatic heterocycles. The fourth-order valence-corrected chi connectivity index (χ4v) is 3.83. The second kappa shape index (κ2) is 8.41. The van der Waals surface area contributed by atoms with E-state index in [2.05, 4.69) is 29.6 Å². The molecule has 2 amide bonds. The van der Waals surface area contributed by atoms with E-state index in [1.54, 1.807) is 6.08 Å². The van der Waals surface area contributed by atoms with E-state index < -0.39 is 0 Å². The average Bonchev–Trinajstić information content (AvgIpc) is 3.04. The summed E-state index contributed by atoms with van der Waals surface area (Å²) < 4.78 is 11.8. The van der Waals surface area contributed by atoms with Gasteiger partial charge in [0.2, 0.25) is 0 Å². The van der Waals surface area contributed by atoms with Crippen molar-refractivity contribution in [3.63, 3.8) is 0 Å². The molecule has 0 aromatic heterocycles. The third kappa shape index (κ3) is 4.27. The van der Waals surface area contributed by atoms with Gasteiger partial charge in [0.25, 0.3) is 11.1 Å². The number of fused-ring (bicyclic) bond motifs is 1. The second-order valence-corrected chi connectivity index (χ2v) is 7.43. The molecule has 0 atom stereocenters. The zero-order valence-electron chi connectivity index (χ0n) is 15.8. The minimum Gasteiger partial charge on any atom is -0.490 e. The van der Waals surface area contributed by atoms with Gasteiger partial charge in [0.1, 0.15) is 6.61 Å². The smallest absolute Gasteiger partial charge is 0.290 e. The van der Waals surface area contributed by atoms with E-state index in [4.69, 9.17) is 9.47 Å². The van der Waals surface area contributed by atoms with E-state index in [1.807, 2.05) is 43.3 Å². The molecular formula is C23H19NO4S. The van der Waals surface area contributed by atoms with Crippen molar-refractivity contribution in [2.24, 2.45) is 0 Å². The highest BCUT2D eigenvalue weighted by Gasteiger charge is 2.25. The summed E-state index contributed by atoms with van der Waals surface area (Å²) in [6.45, 7) is 2.80. The van der Waals surface area contributed by atoms with Gasteiger partial charge in [-0.05, 0) is 58.8 Å². The molecule has 3 aromatic carbocycles. The van der Waals surface area contributed by atoms with Crippen LogP contribution in [0.25, 0.3) is 16.8 Å². The highest BCUT2D eigenvalue weighted by atomic mass is 32.2. The lowest BCUT2D eigenvalue weighted by atomic mass is 10.1. The maximum atomic E-state index is 11.8. The molecule has 146 valence electrons. The number of rotatable bonds is 6. The average molecular weight is 405 g/mol. The molecule has 0 spiro atoms. The molecule has 0 aliphatic carbocycles. The summed E-state index contributed by atoms with van der Waals surface area (Å²) in [5, 5.41) is 4.22. The third-order valence-electron chi connectivity index (χ3n) is 4.47. The van der Waals surface area contributed by atoms with Crippen LogP contribution in [0, 0.1) is 0 Å². The van der Waals surface area contributed by atoms with Crippen molar-refractivity contribution >= 4 is 39.8 Å². The predicted octanol–water partition coefficient (Wildman–Crippen LogP) is 5.14. The molecule has 0 radical (unpaired) electrons. The van der Waals surface area contributed by atoms with Crippen LogP contribution < -0.4 is 14.8 Å². The van der Waals surface area contributed by atoms with Gasteiger partial charge in [0, 0.05) is 0 Å². The molecule has 4 rings (SSSR count). The quantitative estimate of drug-likeness (QED) is 0.575. The Morgan fingerprint density at radius 3 is 2.59 bits per heavy atom. The number of hydrogen-bond acceptors (Lipinski definition) is 5. The van der Waals surface area contributed by atoms with Crippen molar-refractivity contribution in [2.45, 2.75) is 13.5 Å². The van der Waals surface area contributed by atoms with Crippen molar-refractivity contribution < 1.29 is 19.1 Å². The topological polar surface area (TPSA) is 64.6 Å². The molecule has 1 heterocycles. The SMILES string of the molecule is CCOc1cc(/C=C2\SC(=O)NC2=O)ccc1OCc1cccc2ccccc12. The Kier molecular flexibility index (Phi) is 5.53. The van der Waals surface area contributed by atoms with E-state index >= 15 is 0 Å². The van der Waals surface area contributed by atoms with Gasteiger partial charge in [-0.2, -0.15) is 0 Å². The Morgan fingerprint density at radius 1 is 0.966 bits per heavy atom. The minimum absolute atomic E-state index is 0.360. The highest BCUT2D eigenvalue weighted by Crippen LogP contribution is 2.32. The summed E-state index contributed by atoms with van der Waals surface area (Å²) in [6.07, 6.45) is 1.67. The van der Waals surface area contributed by atoms with Gasteiger partial charge in [0.05, 0.1) is 11.5 Å². The Labute approximate surface area is 172 Å². The lowest BCUT2D eigenvalue weighted by molar-refractivity contribution is -0.115. The first-order chi connectivity index (χ1) is 14.1. The number of carbonyl (C=O) groups excluding carboxylic acids is 2. The van der Waals surface area contributed by atoms with Crippen LogP contribution in [-0.2, 0) is 11.4 Å². The highest BCUT2D eigenvalue weighted by molar-refractivity contribution is 8.18. The molecule has 1 N–H and O–H groups in total. The van der Waals surface area contributed by atoms with Gasteiger partial charge >= 0.3 is 0 Å². The number of amides is 2. The monoisotopic (exact) mass is 405 g/mol. The van der Waals surface area contributed by atoms with Gasteiger partial charge in [-0.1, -0.05) is 48.5 Å². The van der Waals surface area contributed by atoms with Crippen LogP contribution >= 0.6 is 11.8 Å². The number of ether oxygens (including phenoxy) is 2. The Balaban J connectivity index is 1.58. The van der Waals surface area contributed by atoms with Crippen LogP contribution in [0.4, 0.5) is 4.79 Å². The Bertz CT molecular complexity index is 1120. The lowest BCUT2D eigenvalue weighted by Gasteiger charge is -2.14. The molecule has 0 saturated carbocycles. The first kappa shape index (κ1) is 19.1. The van der Waals surface area contributed by atoms with E-state index in [-0.39, 0.29) is 11.1 Å². The van der Waals surface area contributed by atoms with E-state index in [0.29, 0.717) is 29.6 Å². The number of carbonyl (C=O) groups is 2. The largest absolute Gasteiger partial charge is 0.490 e. The zero-order valence-corrected chi connectivity index (χ0v) is 16.6. The number of benzene rings is 3. The molecule has 6 heteroatoms. The van der Waals surface area contributed by atoms with Crippen LogP contribution in [0.3, 0.4) is 0 Å². The van der Waals surface area contributed by atoms with E-state index in [9.17, 15) is 9.59 Å². The third-order valence-corrected chi connectivity index (χ3v) is 5.28. The molecule has 1 saturated heterocycles. The maximum absolute atomic E-state index is 11.8. The van der Waals surface area contributed by atoms with Gasteiger partial charge in [-0.3, -0.25) is 14.9 Å². The number of thioether (sulfide) groups is 1.